The van der Waals surface area contributed by atoms with Gasteiger partial charge >= 0.3 is 24.1 Å². The number of alkyl halides is 3. The standard InChI is InChI=1S/C23H26F3N3O7/c24-23(25,26)22(35)36-21(34)17-9-5-11-29(17)19(31)14-27(12-15-6-2-1-3-7-15)13-18(30)28-10-4-8-16(28)20(32)33/h1-3,6-7,16-17H,4-5,8-14H2,(H,32,33)/t16-,17-/m1/s1. The van der Waals surface area contributed by atoms with Gasteiger partial charge in [-0.3, -0.25) is 14.5 Å². The minimum atomic E-state index is -5.35. The molecule has 10 nitrogen and oxygen atoms in total. The summed E-state index contributed by atoms with van der Waals surface area (Å²) in [7, 11) is 0. The van der Waals surface area contributed by atoms with Crippen molar-refractivity contribution in [3.8, 4) is 0 Å². The molecule has 1 aromatic carbocycles. The second-order valence-corrected chi connectivity index (χ2v) is 8.67. The fourth-order valence-corrected chi connectivity index (χ4v) is 4.42. The predicted molar refractivity (Wildman–Crippen MR) is 116 cm³/mol. The van der Waals surface area contributed by atoms with Crippen molar-refractivity contribution >= 4 is 29.7 Å². The zero-order valence-corrected chi connectivity index (χ0v) is 19.3. The van der Waals surface area contributed by atoms with Crippen molar-refractivity contribution in [2.24, 2.45) is 0 Å². The van der Waals surface area contributed by atoms with Crippen LogP contribution in [0.1, 0.15) is 31.2 Å². The predicted octanol–water partition coefficient (Wildman–Crippen LogP) is 1.19. The van der Waals surface area contributed by atoms with Crippen molar-refractivity contribution in [1.82, 2.24) is 14.7 Å². The van der Waals surface area contributed by atoms with Gasteiger partial charge in [0.15, 0.2) is 0 Å². The van der Waals surface area contributed by atoms with Crippen LogP contribution in [0.3, 0.4) is 0 Å². The minimum Gasteiger partial charge on any atom is -0.480 e. The normalized spacial score (nSPS) is 20.0. The van der Waals surface area contributed by atoms with Crippen LogP contribution < -0.4 is 0 Å². The first kappa shape index (κ1) is 27.1. The molecule has 2 saturated heterocycles. The molecule has 0 spiro atoms. The van der Waals surface area contributed by atoms with Gasteiger partial charge in [-0.25, -0.2) is 14.4 Å². The lowest BCUT2D eigenvalue weighted by Crippen LogP contribution is -2.50. The monoisotopic (exact) mass is 513 g/mol. The van der Waals surface area contributed by atoms with Gasteiger partial charge in [0.1, 0.15) is 12.1 Å². The van der Waals surface area contributed by atoms with E-state index in [9.17, 15) is 42.3 Å². The highest BCUT2D eigenvalue weighted by molar-refractivity contribution is 5.93. The largest absolute Gasteiger partial charge is 0.491 e. The van der Waals surface area contributed by atoms with Gasteiger partial charge in [0, 0.05) is 19.6 Å². The number of esters is 2. The first-order valence-corrected chi connectivity index (χ1v) is 11.4. The maximum absolute atomic E-state index is 13.1. The fourth-order valence-electron chi connectivity index (χ4n) is 4.42. The highest BCUT2D eigenvalue weighted by atomic mass is 19.4. The molecule has 0 saturated carbocycles. The van der Waals surface area contributed by atoms with Gasteiger partial charge in [0.05, 0.1) is 13.1 Å². The summed E-state index contributed by atoms with van der Waals surface area (Å²) >= 11 is 0. The number of carboxylic acid groups (broad SMARTS) is 1. The van der Waals surface area contributed by atoms with E-state index in [1.165, 1.54) is 9.80 Å². The molecule has 1 N–H and O–H groups in total. The van der Waals surface area contributed by atoms with E-state index in [1.807, 2.05) is 0 Å². The van der Waals surface area contributed by atoms with Crippen molar-refractivity contribution in [1.29, 1.82) is 0 Å². The first-order chi connectivity index (χ1) is 17.0. The Morgan fingerprint density at radius 1 is 0.917 bits per heavy atom. The number of carbonyl (C=O) groups excluding carboxylic acids is 4. The molecular formula is C23H26F3N3O7. The van der Waals surface area contributed by atoms with Crippen molar-refractivity contribution in [3.63, 3.8) is 0 Å². The molecule has 13 heteroatoms. The number of carboxylic acids is 1. The van der Waals surface area contributed by atoms with Crippen LogP contribution in [0, 0.1) is 0 Å². The van der Waals surface area contributed by atoms with E-state index in [0.717, 1.165) is 10.5 Å². The Kier molecular flexibility index (Phi) is 8.66. The molecule has 2 amide bonds. The van der Waals surface area contributed by atoms with Gasteiger partial charge < -0.3 is 19.6 Å². The van der Waals surface area contributed by atoms with Gasteiger partial charge in [0.25, 0.3) is 0 Å². The van der Waals surface area contributed by atoms with Crippen LogP contribution in [0.15, 0.2) is 30.3 Å². The van der Waals surface area contributed by atoms with E-state index in [1.54, 1.807) is 30.3 Å². The third-order valence-electron chi connectivity index (χ3n) is 6.09. The van der Waals surface area contributed by atoms with Crippen LogP contribution in [0.5, 0.6) is 0 Å². The smallest absolute Gasteiger partial charge is 0.480 e. The number of carbonyl (C=O) groups is 5. The average Bonchev–Trinajstić information content (AvgIpc) is 3.49. The van der Waals surface area contributed by atoms with Crippen LogP contribution in [0.4, 0.5) is 13.2 Å². The molecule has 2 aliphatic rings. The van der Waals surface area contributed by atoms with Crippen LogP contribution >= 0.6 is 0 Å². The van der Waals surface area contributed by atoms with Gasteiger partial charge in [-0.15, -0.1) is 0 Å². The summed E-state index contributed by atoms with van der Waals surface area (Å²) in [4.78, 5) is 64.5. The van der Waals surface area contributed by atoms with Gasteiger partial charge in [-0.1, -0.05) is 30.3 Å². The number of rotatable bonds is 8. The van der Waals surface area contributed by atoms with Crippen LogP contribution in [0.2, 0.25) is 0 Å². The Labute approximate surface area is 204 Å². The molecule has 0 bridgehead atoms. The molecule has 2 fully saturated rings. The SMILES string of the molecule is O=C(O)[C@H]1CCCN1C(=O)CN(CC(=O)N1CCC[C@@H]1C(=O)OC(=O)C(F)(F)F)Cc1ccccc1. The quantitative estimate of drug-likeness (QED) is 0.406. The molecule has 2 heterocycles. The third-order valence-corrected chi connectivity index (χ3v) is 6.09. The number of aliphatic carboxylic acids is 1. The van der Waals surface area contributed by atoms with Gasteiger partial charge in [-0.05, 0) is 31.2 Å². The Hall–Kier alpha value is -3.48. The fraction of sp³-hybridized carbons (Fsp3) is 0.522. The summed E-state index contributed by atoms with van der Waals surface area (Å²) < 4.78 is 41.3. The van der Waals surface area contributed by atoms with E-state index >= 15 is 0 Å². The van der Waals surface area contributed by atoms with E-state index in [-0.39, 0.29) is 39.1 Å². The number of benzene rings is 1. The molecule has 2 atom stereocenters. The maximum Gasteiger partial charge on any atom is 0.491 e. The molecule has 0 aromatic heterocycles. The number of hydrogen-bond acceptors (Lipinski definition) is 7. The summed E-state index contributed by atoms with van der Waals surface area (Å²) in [6.07, 6.45) is -4.14. The summed E-state index contributed by atoms with van der Waals surface area (Å²) in [6.45, 7) is -0.141. The van der Waals surface area contributed by atoms with Crippen molar-refractivity contribution in [3.05, 3.63) is 35.9 Å². The summed E-state index contributed by atoms with van der Waals surface area (Å²) in [6, 6.07) is 6.57. The summed E-state index contributed by atoms with van der Waals surface area (Å²) in [5.41, 5.74) is 0.766. The number of amides is 2. The summed E-state index contributed by atoms with van der Waals surface area (Å²) in [5.74, 6) is -6.33. The lowest BCUT2D eigenvalue weighted by atomic mass is 10.2. The molecule has 0 unspecified atom stereocenters. The van der Waals surface area contributed by atoms with Crippen molar-refractivity contribution in [2.75, 3.05) is 26.2 Å². The van der Waals surface area contributed by atoms with Crippen LogP contribution in [-0.2, 0) is 35.3 Å². The second-order valence-electron chi connectivity index (χ2n) is 8.67. The number of ether oxygens (including phenoxy) is 1. The molecule has 3 rings (SSSR count). The first-order valence-electron chi connectivity index (χ1n) is 11.4. The lowest BCUT2D eigenvalue weighted by Gasteiger charge is -2.29. The Morgan fingerprint density at radius 2 is 1.44 bits per heavy atom. The highest BCUT2D eigenvalue weighted by Gasteiger charge is 2.45. The molecule has 36 heavy (non-hydrogen) atoms. The third kappa shape index (κ3) is 6.80. The summed E-state index contributed by atoms with van der Waals surface area (Å²) in [5, 5.41) is 9.38. The molecule has 0 radical (unpaired) electrons. The van der Waals surface area contributed by atoms with Crippen LogP contribution in [-0.4, -0.2) is 94.0 Å². The van der Waals surface area contributed by atoms with E-state index in [2.05, 4.69) is 4.74 Å². The van der Waals surface area contributed by atoms with Crippen molar-refractivity contribution < 1.29 is 47.0 Å². The van der Waals surface area contributed by atoms with Gasteiger partial charge in [0.2, 0.25) is 11.8 Å². The van der Waals surface area contributed by atoms with E-state index in [4.69, 9.17) is 0 Å². The number of likely N-dealkylation sites (tertiary alicyclic amines) is 2. The molecule has 0 aliphatic carbocycles. The van der Waals surface area contributed by atoms with Crippen LogP contribution in [0.25, 0.3) is 0 Å². The Balaban J connectivity index is 1.71. The number of nitrogens with zero attached hydrogens (tertiary/aromatic N) is 3. The highest BCUT2D eigenvalue weighted by Crippen LogP contribution is 2.23. The zero-order chi connectivity index (χ0) is 26.5. The zero-order valence-electron chi connectivity index (χ0n) is 19.3. The van der Waals surface area contributed by atoms with E-state index < -0.39 is 48.0 Å². The Bertz CT molecular complexity index is 1000. The number of hydrogen-bond donors (Lipinski definition) is 1. The second kappa shape index (κ2) is 11.5. The average molecular weight is 513 g/mol. The van der Waals surface area contributed by atoms with E-state index in [0.29, 0.717) is 19.3 Å². The Morgan fingerprint density at radius 3 is 1.97 bits per heavy atom. The molecular weight excluding hydrogens is 487 g/mol. The lowest BCUT2D eigenvalue weighted by molar-refractivity contribution is -0.203. The van der Waals surface area contributed by atoms with Gasteiger partial charge in [-0.2, -0.15) is 13.2 Å². The maximum atomic E-state index is 13.1. The minimum absolute atomic E-state index is 0.0292. The topological polar surface area (TPSA) is 125 Å². The molecule has 196 valence electrons. The molecule has 1 aromatic rings. The van der Waals surface area contributed by atoms with Crippen molar-refractivity contribution in [2.45, 2.75) is 50.5 Å². The number of halogens is 3. The molecule has 2 aliphatic heterocycles.